The van der Waals surface area contributed by atoms with Gasteiger partial charge in [0, 0.05) is 28.7 Å². The second-order valence-corrected chi connectivity index (χ2v) is 10.5. The maximum absolute atomic E-state index is 14.8. The summed E-state index contributed by atoms with van der Waals surface area (Å²) >= 11 is 1.12. The molecule has 14 heteroatoms. The summed E-state index contributed by atoms with van der Waals surface area (Å²) in [5, 5.41) is 19.3. The number of aromatic nitrogens is 4. The average molecular weight is 595 g/mol. The molecule has 42 heavy (non-hydrogen) atoms. The zero-order valence-corrected chi connectivity index (χ0v) is 23.4. The lowest BCUT2D eigenvalue weighted by Crippen LogP contribution is -2.39. The van der Waals surface area contributed by atoms with E-state index < -0.39 is 35.5 Å². The summed E-state index contributed by atoms with van der Waals surface area (Å²) < 4.78 is 36.6. The summed E-state index contributed by atoms with van der Waals surface area (Å²) in [5.41, 5.74) is -0.325. The van der Waals surface area contributed by atoms with E-state index in [1.165, 1.54) is 25.3 Å². The normalized spacial score (nSPS) is 11.3. The minimum atomic E-state index is -1.22. The lowest BCUT2D eigenvalue weighted by Gasteiger charge is -2.14. The van der Waals surface area contributed by atoms with Gasteiger partial charge in [-0.3, -0.25) is 14.7 Å². The van der Waals surface area contributed by atoms with Gasteiger partial charge in [0.05, 0.1) is 19.0 Å². The van der Waals surface area contributed by atoms with Crippen LogP contribution in [0.4, 0.5) is 19.3 Å². The highest BCUT2D eigenvalue weighted by atomic mass is 32.1. The highest BCUT2D eigenvalue weighted by Gasteiger charge is 2.25. The maximum atomic E-state index is 14.8. The molecule has 5 aromatic rings. The summed E-state index contributed by atoms with van der Waals surface area (Å²) in [7, 11) is 5.01. The van der Waals surface area contributed by atoms with Gasteiger partial charge >= 0.3 is 11.8 Å². The average Bonchev–Trinajstić information content (AvgIpc) is 3.31. The molecule has 0 bridgehead atoms. The molecule has 0 saturated carbocycles. The van der Waals surface area contributed by atoms with Gasteiger partial charge in [0.25, 0.3) is 5.56 Å². The van der Waals surface area contributed by atoms with Gasteiger partial charge in [0.15, 0.2) is 5.82 Å². The van der Waals surface area contributed by atoms with Gasteiger partial charge in [0.2, 0.25) is 5.88 Å². The van der Waals surface area contributed by atoms with E-state index in [2.05, 4.69) is 15.5 Å². The van der Waals surface area contributed by atoms with Crippen molar-refractivity contribution in [3.8, 4) is 22.1 Å². The summed E-state index contributed by atoms with van der Waals surface area (Å²) in [6, 6.07) is 12.7. The lowest BCUT2D eigenvalue weighted by atomic mass is 10.1. The Morgan fingerprint density at radius 3 is 2.29 bits per heavy atom. The molecule has 0 spiro atoms. The van der Waals surface area contributed by atoms with Crippen molar-refractivity contribution in [2.24, 2.45) is 0 Å². The van der Waals surface area contributed by atoms with Crippen molar-refractivity contribution in [3.05, 3.63) is 98.2 Å². The monoisotopic (exact) mass is 594 g/mol. The Hall–Kier alpha value is -4.95. The number of benzene rings is 2. The molecule has 0 atom stereocenters. The topological polar surface area (TPSA) is 132 Å². The fourth-order valence-electron chi connectivity index (χ4n) is 4.52. The first kappa shape index (κ1) is 28.6. The second kappa shape index (κ2) is 11.5. The number of carbonyl (C=O) groups is 1. The van der Waals surface area contributed by atoms with E-state index in [1.807, 2.05) is 19.0 Å². The molecule has 1 amide bonds. The van der Waals surface area contributed by atoms with Gasteiger partial charge in [-0.1, -0.05) is 18.2 Å². The first-order valence-electron chi connectivity index (χ1n) is 12.5. The highest BCUT2D eigenvalue weighted by molar-refractivity contribution is 7.22. The van der Waals surface area contributed by atoms with Crippen LogP contribution in [0.25, 0.3) is 26.5 Å². The highest BCUT2D eigenvalue weighted by Crippen LogP contribution is 2.38. The molecule has 0 aliphatic heterocycles. The molecule has 0 fully saturated rings. The SMILES string of the molecule is COc1ccc(-n2c(=O)c3c(CN(C)C)c(-c4ccc(NC(=O)O)cc4)sc3n(Cc3c(F)cccc3F)c2=O)nn1. The molecule has 0 unspecified atom stereocenters. The van der Waals surface area contributed by atoms with Crippen molar-refractivity contribution in [1.82, 2.24) is 24.2 Å². The quantitative estimate of drug-likeness (QED) is 0.274. The van der Waals surface area contributed by atoms with Crippen LogP contribution in [0.1, 0.15) is 11.1 Å². The Morgan fingerprint density at radius 1 is 1.02 bits per heavy atom. The largest absolute Gasteiger partial charge is 0.480 e. The Morgan fingerprint density at radius 2 is 1.71 bits per heavy atom. The van der Waals surface area contributed by atoms with Crippen LogP contribution >= 0.6 is 11.3 Å². The molecule has 216 valence electrons. The minimum absolute atomic E-state index is 0.0943. The van der Waals surface area contributed by atoms with Gasteiger partial charge < -0.3 is 14.7 Å². The molecule has 2 aromatic carbocycles. The van der Waals surface area contributed by atoms with Crippen LogP contribution < -0.4 is 21.3 Å². The maximum Gasteiger partial charge on any atom is 0.409 e. The zero-order chi connectivity index (χ0) is 30.1. The lowest BCUT2D eigenvalue weighted by molar-refractivity contribution is 0.209. The Labute approximate surface area is 240 Å². The first-order valence-corrected chi connectivity index (χ1v) is 13.3. The van der Waals surface area contributed by atoms with Crippen molar-refractivity contribution in [1.29, 1.82) is 0 Å². The number of nitrogens with zero attached hydrogens (tertiary/aromatic N) is 5. The Kier molecular flexibility index (Phi) is 7.83. The standard InChI is InChI=1S/C28H24F2N6O5S/c1-34(2)13-18-23-25(37)36(21-11-12-22(41-3)33-32-21)28(40)35(14-17-19(29)5-4-6-20(17)30)26(23)42-24(18)15-7-9-16(10-8-15)31-27(38)39/h4-12,31H,13-14H2,1-3H3,(H,38,39). The van der Waals surface area contributed by atoms with E-state index in [1.54, 1.807) is 24.3 Å². The summed E-state index contributed by atoms with van der Waals surface area (Å²) in [6.45, 7) is -0.221. The van der Waals surface area contributed by atoms with Crippen LogP contribution in [0.15, 0.2) is 64.2 Å². The molecule has 0 saturated heterocycles. The van der Waals surface area contributed by atoms with Gasteiger partial charge in [0.1, 0.15) is 16.5 Å². The number of halogens is 2. The number of methoxy groups -OCH3 is 1. The molecular weight excluding hydrogens is 570 g/mol. The van der Waals surface area contributed by atoms with Gasteiger partial charge in [-0.25, -0.2) is 22.9 Å². The molecule has 2 N–H and O–H groups in total. The smallest absolute Gasteiger partial charge is 0.409 e. The number of amides is 1. The van der Waals surface area contributed by atoms with Crippen molar-refractivity contribution < 1.29 is 23.4 Å². The minimum Gasteiger partial charge on any atom is -0.480 e. The van der Waals surface area contributed by atoms with Crippen LogP contribution in [0.5, 0.6) is 5.88 Å². The van der Waals surface area contributed by atoms with Gasteiger partial charge in [-0.05, 0) is 55.6 Å². The second-order valence-electron chi connectivity index (χ2n) is 9.48. The molecule has 3 aromatic heterocycles. The number of ether oxygens (including phenoxy) is 1. The molecule has 0 aliphatic rings. The third kappa shape index (κ3) is 5.36. The van der Waals surface area contributed by atoms with Crippen LogP contribution in [0, 0.1) is 11.6 Å². The zero-order valence-electron chi connectivity index (χ0n) is 22.6. The van der Waals surface area contributed by atoms with Crippen LogP contribution in [-0.4, -0.2) is 56.6 Å². The van der Waals surface area contributed by atoms with Crippen LogP contribution in [-0.2, 0) is 13.1 Å². The van der Waals surface area contributed by atoms with E-state index >= 15 is 0 Å². The van der Waals surface area contributed by atoms with E-state index in [0.29, 0.717) is 21.7 Å². The fraction of sp³-hybridized carbons (Fsp3) is 0.179. The summed E-state index contributed by atoms with van der Waals surface area (Å²) in [5.74, 6) is -1.62. The van der Waals surface area contributed by atoms with Crippen molar-refractivity contribution in [3.63, 3.8) is 0 Å². The van der Waals surface area contributed by atoms with E-state index in [0.717, 1.165) is 32.6 Å². The Bertz CT molecular complexity index is 1900. The number of fused-ring (bicyclic) bond motifs is 1. The molecule has 3 heterocycles. The summed E-state index contributed by atoms with van der Waals surface area (Å²) in [4.78, 5) is 41.7. The molecular formula is C28H24F2N6O5S. The molecule has 5 rings (SSSR count). The van der Waals surface area contributed by atoms with Crippen LogP contribution in [0.2, 0.25) is 0 Å². The van der Waals surface area contributed by atoms with Crippen molar-refractivity contribution >= 4 is 33.3 Å². The van der Waals surface area contributed by atoms with E-state index in [9.17, 15) is 23.2 Å². The van der Waals surface area contributed by atoms with Gasteiger partial charge in [-0.15, -0.1) is 21.5 Å². The Balaban J connectivity index is 1.84. The number of hydrogen-bond acceptors (Lipinski definition) is 8. The molecule has 0 aliphatic carbocycles. The van der Waals surface area contributed by atoms with Crippen molar-refractivity contribution in [2.75, 3.05) is 26.5 Å². The third-order valence-corrected chi connectivity index (χ3v) is 7.69. The summed E-state index contributed by atoms with van der Waals surface area (Å²) in [6.07, 6.45) is -1.22. The predicted molar refractivity (Wildman–Crippen MR) is 154 cm³/mol. The number of hydrogen-bond donors (Lipinski definition) is 2. The number of carboxylic acid groups (broad SMARTS) is 1. The number of nitrogens with one attached hydrogen (secondary N) is 1. The van der Waals surface area contributed by atoms with Gasteiger partial charge in [-0.2, -0.15) is 0 Å². The van der Waals surface area contributed by atoms with Crippen LogP contribution in [0.3, 0.4) is 0 Å². The number of thiophene rings is 1. The van der Waals surface area contributed by atoms with E-state index in [-0.39, 0.29) is 34.0 Å². The first-order chi connectivity index (χ1) is 20.1. The third-order valence-electron chi connectivity index (χ3n) is 6.39. The number of anilines is 1. The predicted octanol–water partition coefficient (Wildman–Crippen LogP) is 4.16. The van der Waals surface area contributed by atoms with Crippen molar-refractivity contribution in [2.45, 2.75) is 13.1 Å². The molecule has 0 radical (unpaired) electrons. The molecule has 11 nitrogen and oxygen atoms in total. The number of rotatable bonds is 8. The fourth-order valence-corrected chi connectivity index (χ4v) is 5.82. The van der Waals surface area contributed by atoms with E-state index in [4.69, 9.17) is 9.84 Å².